The molecule has 0 amide bonds. The number of aliphatic imine (C=N–C) groups is 1. The highest BCUT2D eigenvalue weighted by atomic mass is 16.7. The maximum absolute atomic E-state index is 11.5. The Labute approximate surface area is 235 Å². The molecule has 2 aliphatic heterocycles. The van der Waals surface area contributed by atoms with Crippen LogP contribution in [0.5, 0.6) is 0 Å². The van der Waals surface area contributed by atoms with Gasteiger partial charge in [-0.15, -0.1) is 0 Å². The van der Waals surface area contributed by atoms with E-state index in [0.717, 1.165) is 0 Å². The van der Waals surface area contributed by atoms with Crippen molar-refractivity contribution in [1.29, 1.82) is 0 Å². The zero-order valence-corrected chi connectivity index (χ0v) is 22.3. The van der Waals surface area contributed by atoms with Crippen LogP contribution in [0.25, 0.3) is 0 Å². The van der Waals surface area contributed by atoms with Gasteiger partial charge in [0.15, 0.2) is 18.5 Å². The molecule has 3 aliphatic rings. The maximum atomic E-state index is 11.5. The Morgan fingerprint density at radius 3 is 2.00 bits per heavy atom. The minimum atomic E-state index is -1.62. The van der Waals surface area contributed by atoms with Gasteiger partial charge in [0.2, 0.25) is 0 Å². The Kier molecular flexibility index (Phi) is 12.4. The van der Waals surface area contributed by atoms with Crippen LogP contribution in [0, 0.1) is 0 Å². The molecule has 2 saturated heterocycles. The van der Waals surface area contributed by atoms with Gasteiger partial charge in [0.1, 0.15) is 61.0 Å². The highest BCUT2D eigenvalue weighted by Gasteiger charge is 2.52. The Bertz CT molecular complexity index is 841. The maximum Gasteiger partial charge on any atom is 0.186 e. The van der Waals surface area contributed by atoms with Gasteiger partial charge in [-0.25, -0.2) is 4.99 Å². The monoisotopic (exact) mass is 599 g/mol. The summed E-state index contributed by atoms with van der Waals surface area (Å²) in [4.78, 5) is 3.90. The van der Waals surface area contributed by atoms with Gasteiger partial charge in [-0.3, -0.25) is 0 Å². The van der Waals surface area contributed by atoms with E-state index in [-0.39, 0.29) is 13.0 Å². The van der Waals surface area contributed by atoms with E-state index in [0.29, 0.717) is 0 Å². The number of ether oxygens (including phenoxy) is 4. The Hall–Kier alpha value is -1.37. The summed E-state index contributed by atoms with van der Waals surface area (Å²) in [5.41, 5.74) is 28.9. The predicted molar refractivity (Wildman–Crippen MR) is 138 cm³/mol. The van der Waals surface area contributed by atoms with Crippen LogP contribution >= 0.6 is 0 Å². The van der Waals surface area contributed by atoms with Crippen LogP contribution in [-0.2, 0) is 18.9 Å². The third-order valence-electron chi connectivity index (χ3n) is 7.63. The Morgan fingerprint density at radius 1 is 0.829 bits per heavy atom. The first-order valence-corrected chi connectivity index (χ1v) is 13.3. The molecule has 3 fully saturated rings. The fourth-order valence-corrected chi connectivity index (χ4v) is 5.30. The Balaban J connectivity index is 1.90. The van der Waals surface area contributed by atoms with E-state index in [9.17, 15) is 40.9 Å². The number of hydrogen-bond donors (Lipinski definition) is 14. The molecule has 15 atom stereocenters. The molecule has 19 nitrogen and oxygen atoms in total. The number of rotatable bonds is 11. The van der Waals surface area contributed by atoms with E-state index in [4.69, 9.17) is 47.6 Å². The van der Waals surface area contributed by atoms with Crippen LogP contribution in [0.2, 0.25) is 0 Å². The lowest BCUT2D eigenvalue weighted by Crippen LogP contribution is -2.69. The normalized spacial score (nSPS) is 45.5. The van der Waals surface area contributed by atoms with Crippen molar-refractivity contribution >= 4 is 5.96 Å². The highest BCUT2D eigenvalue weighted by molar-refractivity contribution is 5.76. The third-order valence-corrected chi connectivity index (χ3v) is 7.63. The van der Waals surface area contributed by atoms with Gasteiger partial charge in [0, 0.05) is 18.6 Å². The van der Waals surface area contributed by atoms with Gasteiger partial charge < -0.3 is 93.8 Å². The van der Waals surface area contributed by atoms with E-state index in [1.54, 1.807) is 0 Å². The van der Waals surface area contributed by atoms with Gasteiger partial charge >= 0.3 is 0 Å². The molecular weight excluding hydrogens is 554 g/mol. The molecule has 15 unspecified atom stereocenters. The quantitative estimate of drug-likeness (QED) is 0.0773. The van der Waals surface area contributed by atoms with E-state index in [2.05, 4.69) is 10.3 Å². The van der Waals surface area contributed by atoms with Crippen molar-refractivity contribution < 1.29 is 59.8 Å². The summed E-state index contributed by atoms with van der Waals surface area (Å²) >= 11 is 0. The van der Waals surface area contributed by atoms with Gasteiger partial charge in [0.05, 0.1) is 31.9 Å². The van der Waals surface area contributed by atoms with Crippen LogP contribution in [0.15, 0.2) is 4.99 Å². The van der Waals surface area contributed by atoms with E-state index < -0.39 is 124 Å². The lowest BCUT2D eigenvalue weighted by Gasteiger charge is -2.49. The van der Waals surface area contributed by atoms with Gasteiger partial charge in [0.25, 0.3) is 0 Å². The molecule has 0 aromatic heterocycles. The number of guanidine groups is 1. The number of hydrogen-bond acceptors (Lipinski definition) is 17. The zero-order valence-electron chi connectivity index (χ0n) is 22.3. The smallest absolute Gasteiger partial charge is 0.186 e. The number of aliphatic hydroxyl groups is 8. The molecular formula is C22H45N7O12. The van der Waals surface area contributed by atoms with Crippen molar-refractivity contribution in [1.82, 2.24) is 5.32 Å². The first-order valence-electron chi connectivity index (χ1n) is 13.3. The number of nitrogens with one attached hydrogen (secondary N) is 1. The molecule has 0 aromatic carbocycles. The van der Waals surface area contributed by atoms with Crippen molar-refractivity contribution in [3.05, 3.63) is 0 Å². The second kappa shape index (κ2) is 14.9. The lowest BCUT2D eigenvalue weighted by atomic mass is 9.83. The summed E-state index contributed by atoms with van der Waals surface area (Å²) in [6, 6.07) is -5.26. The van der Waals surface area contributed by atoms with E-state index in [1.807, 2.05) is 0 Å². The largest absolute Gasteiger partial charge is 0.395 e. The van der Waals surface area contributed by atoms with Crippen LogP contribution in [0.1, 0.15) is 6.42 Å². The van der Waals surface area contributed by atoms with Crippen molar-refractivity contribution in [3.63, 3.8) is 0 Å². The fraction of sp³-hybridized carbons (Fsp3) is 0.955. The molecule has 0 radical (unpaired) electrons. The predicted octanol–water partition coefficient (Wildman–Crippen LogP) is -9.03. The fourth-order valence-electron chi connectivity index (χ4n) is 5.30. The van der Waals surface area contributed by atoms with Crippen molar-refractivity contribution in [2.24, 2.45) is 33.7 Å². The summed E-state index contributed by atoms with van der Waals surface area (Å²) in [7, 11) is 0. The Morgan fingerprint density at radius 2 is 1.44 bits per heavy atom. The molecule has 3 rings (SSSR count). The topological polar surface area (TPSA) is 353 Å². The molecule has 19 N–H and O–H groups in total. The molecule has 1 saturated carbocycles. The van der Waals surface area contributed by atoms with Crippen LogP contribution in [0.3, 0.4) is 0 Å². The summed E-state index contributed by atoms with van der Waals surface area (Å²) < 4.78 is 23.2. The second-order valence-corrected chi connectivity index (χ2v) is 10.5. The SMILES string of the molecule is NCC1OC(OC2C(N)CC(NC(CO)CO)C(OC3OC(CO)C(O)C(N)C3O)C2O)C(N=C(N)N)C(O)C1O. The molecule has 19 heteroatoms. The van der Waals surface area contributed by atoms with Gasteiger partial charge in [-0.05, 0) is 6.42 Å². The molecule has 1 aliphatic carbocycles. The summed E-state index contributed by atoms with van der Waals surface area (Å²) in [6.07, 6.45) is -15.5. The van der Waals surface area contributed by atoms with Crippen LogP contribution in [-0.4, -0.2) is 171 Å². The first kappa shape index (κ1) is 34.1. The van der Waals surface area contributed by atoms with Gasteiger partial charge in [-0.2, -0.15) is 0 Å². The van der Waals surface area contributed by atoms with Crippen LogP contribution < -0.4 is 34.0 Å². The number of aliphatic hydroxyl groups excluding tert-OH is 8. The first-order chi connectivity index (χ1) is 19.4. The molecule has 0 bridgehead atoms. The van der Waals surface area contributed by atoms with E-state index in [1.165, 1.54) is 0 Å². The molecule has 240 valence electrons. The average molecular weight is 600 g/mol. The van der Waals surface area contributed by atoms with E-state index >= 15 is 0 Å². The highest BCUT2D eigenvalue weighted by Crippen LogP contribution is 2.32. The number of nitrogens with zero attached hydrogens (tertiary/aromatic N) is 1. The summed E-state index contributed by atoms with van der Waals surface area (Å²) in [5, 5.41) is 85.0. The molecule has 2 heterocycles. The second-order valence-electron chi connectivity index (χ2n) is 10.5. The third kappa shape index (κ3) is 7.59. The van der Waals surface area contributed by atoms with Crippen molar-refractivity contribution in [2.45, 2.75) is 104 Å². The molecule has 0 spiro atoms. The standard InChI is InChI=1S/C22H45N7O12/c23-2-9-14(34)16(36)12(29-22(26)27)20(38-9)40-18-7(24)1-8(28-6(3-30)4-31)19(17(18)37)41-21-15(35)11(25)13(33)10(5-32)39-21/h6-21,28,30-37H,1-5,23-25H2,(H4,26,27,29). The van der Waals surface area contributed by atoms with Crippen LogP contribution in [0.4, 0.5) is 0 Å². The lowest BCUT2D eigenvalue weighted by molar-refractivity contribution is -0.320. The average Bonchev–Trinajstić information content (AvgIpc) is 2.94. The summed E-state index contributed by atoms with van der Waals surface area (Å²) in [6.45, 7) is -1.81. The minimum Gasteiger partial charge on any atom is -0.395 e. The molecule has 0 aromatic rings. The summed E-state index contributed by atoms with van der Waals surface area (Å²) in [5.74, 6) is -0.442. The molecule has 41 heavy (non-hydrogen) atoms. The zero-order chi connectivity index (χ0) is 30.6. The van der Waals surface area contributed by atoms with Gasteiger partial charge in [-0.1, -0.05) is 0 Å². The minimum absolute atomic E-state index is 0.00892. The van der Waals surface area contributed by atoms with Crippen molar-refractivity contribution in [3.8, 4) is 0 Å². The number of nitrogens with two attached hydrogens (primary N) is 5. The van der Waals surface area contributed by atoms with Crippen molar-refractivity contribution in [2.75, 3.05) is 26.4 Å².